The van der Waals surface area contributed by atoms with Gasteiger partial charge in [-0.15, -0.1) is 0 Å². The van der Waals surface area contributed by atoms with Crippen LogP contribution < -0.4 is 16.1 Å². The van der Waals surface area contributed by atoms with E-state index in [9.17, 15) is 14.4 Å². The van der Waals surface area contributed by atoms with Gasteiger partial charge in [0.05, 0.1) is 0 Å². The summed E-state index contributed by atoms with van der Waals surface area (Å²) < 4.78 is 2.95. The molecule has 3 rings (SSSR count). The maximum absolute atomic E-state index is 12.9. The molecule has 1 aliphatic rings. The van der Waals surface area contributed by atoms with Gasteiger partial charge in [0.15, 0.2) is 0 Å². The van der Waals surface area contributed by atoms with E-state index in [0.29, 0.717) is 42.6 Å². The van der Waals surface area contributed by atoms with Crippen LogP contribution in [0.2, 0.25) is 5.02 Å². The monoisotopic (exact) mass is 418 g/mol. The van der Waals surface area contributed by atoms with E-state index in [1.807, 2.05) is 32.6 Å². The van der Waals surface area contributed by atoms with Crippen molar-refractivity contribution >= 4 is 23.3 Å². The lowest BCUT2D eigenvalue weighted by atomic mass is 10.2. The summed E-state index contributed by atoms with van der Waals surface area (Å²) in [5.41, 5.74) is 0.00945. The van der Waals surface area contributed by atoms with Gasteiger partial charge in [0.25, 0.3) is 11.5 Å². The first kappa shape index (κ1) is 21.2. The molecule has 1 aliphatic heterocycles. The van der Waals surface area contributed by atoms with Crippen molar-refractivity contribution < 1.29 is 4.79 Å². The molecule has 8 heteroatoms. The number of piperazine rings is 1. The number of hydrogen-bond donors (Lipinski definition) is 0. The van der Waals surface area contributed by atoms with E-state index in [2.05, 4.69) is 0 Å². The zero-order valence-electron chi connectivity index (χ0n) is 17.3. The zero-order chi connectivity index (χ0) is 21.3. The number of aromatic nitrogens is 2. The van der Waals surface area contributed by atoms with E-state index in [4.69, 9.17) is 11.6 Å². The van der Waals surface area contributed by atoms with Crippen LogP contribution in [0.4, 0.5) is 5.82 Å². The van der Waals surface area contributed by atoms with Gasteiger partial charge in [-0.3, -0.25) is 18.7 Å². The number of carbonyl (C=O) groups is 1. The number of benzene rings is 1. The van der Waals surface area contributed by atoms with Gasteiger partial charge in [-0.05, 0) is 52.0 Å². The summed E-state index contributed by atoms with van der Waals surface area (Å²) in [5.74, 6) is 0.572. The van der Waals surface area contributed by atoms with Gasteiger partial charge >= 0.3 is 5.69 Å². The topological polar surface area (TPSA) is 67.5 Å². The summed E-state index contributed by atoms with van der Waals surface area (Å²) in [7, 11) is 0. The Morgan fingerprint density at radius 2 is 1.45 bits per heavy atom. The minimum atomic E-state index is -0.295. The summed E-state index contributed by atoms with van der Waals surface area (Å²) in [6.07, 6.45) is 0. The largest absolute Gasteiger partial charge is 0.354 e. The van der Waals surface area contributed by atoms with Crippen molar-refractivity contribution in [3.63, 3.8) is 0 Å². The lowest BCUT2D eigenvalue weighted by Crippen LogP contribution is -2.51. The van der Waals surface area contributed by atoms with E-state index in [0.717, 1.165) is 0 Å². The summed E-state index contributed by atoms with van der Waals surface area (Å²) in [4.78, 5) is 42.0. The lowest BCUT2D eigenvalue weighted by Gasteiger charge is -2.37. The molecule has 2 heterocycles. The first-order valence-corrected chi connectivity index (χ1v) is 10.3. The zero-order valence-corrected chi connectivity index (χ0v) is 18.0. The molecule has 1 aromatic heterocycles. The van der Waals surface area contributed by atoms with Gasteiger partial charge in [0, 0.05) is 54.9 Å². The summed E-state index contributed by atoms with van der Waals surface area (Å²) in [6.45, 7) is 9.65. The first-order chi connectivity index (χ1) is 13.7. The van der Waals surface area contributed by atoms with E-state index < -0.39 is 0 Å². The molecule has 1 aromatic carbocycles. The molecule has 0 saturated carbocycles. The molecule has 7 nitrogen and oxygen atoms in total. The molecule has 2 aromatic rings. The molecule has 0 bridgehead atoms. The maximum atomic E-state index is 12.9. The SMILES string of the molecule is CC(C)n1c(N2CCN(C(=O)c3ccc(Cl)cc3)CC2)cc(=O)n(C(C)C)c1=O. The van der Waals surface area contributed by atoms with E-state index in [1.165, 1.54) is 10.6 Å². The van der Waals surface area contributed by atoms with Gasteiger partial charge < -0.3 is 9.80 Å². The summed E-state index contributed by atoms with van der Waals surface area (Å²) in [5, 5.41) is 0.592. The van der Waals surface area contributed by atoms with E-state index in [-0.39, 0.29) is 29.2 Å². The predicted octanol–water partition coefficient (Wildman–Crippen LogP) is 2.79. The number of halogens is 1. The van der Waals surface area contributed by atoms with Crippen molar-refractivity contribution in [2.45, 2.75) is 39.8 Å². The highest BCUT2D eigenvalue weighted by molar-refractivity contribution is 6.30. The highest BCUT2D eigenvalue weighted by atomic mass is 35.5. The standard InChI is InChI=1S/C21H27ClN4O3/c1-14(2)25-18(13-19(27)26(15(3)4)21(25)29)23-9-11-24(12-10-23)20(28)16-5-7-17(22)8-6-16/h5-8,13-15H,9-12H2,1-4H3. The Morgan fingerprint density at radius 1 is 0.897 bits per heavy atom. The van der Waals surface area contributed by atoms with Crippen molar-refractivity contribution in [3.05, 3.63) is 61.8 Å². The second-order valence-electron chi connectivity index (χ2n) is 7.84. The number of rotatable bonds is 4. The Labute approximate surface area is 175 Å². The van der Waals surface area contributed by atoms with Crippen LogP contribution in [0.1, 0.15) is 50.1 Å². The van der Waals surface area contributed by atoms with Crippen molar-refractivity contribution in [3.8, 4) is 0 Å². The third kappa shape index (κ3) is 4.24. The molecule has 1 saturated heterocycles. The number of anilines is 1. The van der Waals surface area contributed by atoms with Crippen molar-refractivity contribution in [2.75, 3.05) is 31.1 Å². The van der Waals surface area contributed by atoms with Crippen LogP contribution in [0, 0.1) is 0 Å². The number of nitrogens with zero attached hydrogens (tertiary/aromatic N) is 4. The molecule has 0 spiro atoms. The molecule has 0 N–H and O–H groups in total. The maximum Gasteiger partial charge on any atom is 0.333 e. The van der Waals surface area contributed by atoms with Crippen molar-refractivity contribution in [1.82, 2.24) is 14.0 Å². The summed E-state index contributed by atoms with van der Waals surface area (Å²) >= 11 is 5.90. The van der Waals surface area contributed by atoms with Crippen LogP contribution in [-0.2, 0) is 0 Å². The van der Waals surface area contributed by atoms with Crippen LogP contribution in [0.3, 0.4) is 0 Å². The average molecular weight is 419 g/mol. The first-order valence-electron chi connectivity index (χ1n) is 9.88. The Morgan fingerprint density at radius 3 is 1.97 bits per heavy atom. The van der Waals surface area contributed by atoms with E-state index >= 15 is 0 Å². The van der Waals surface area contributed by atoms with Gasteiger partial charge in [0.1, 0.15) is 5.82 Å². The smallest absolute Gasteiger partial charge is 0.333 e. The van der Waals surface area contributed by atoms with Crippen LogP contribution in [0.5, 0.6) is 0 Å². The Balaban J connectivity index is 1.84. The molecular formula is C21H27ClN4O3. The second-order valence-corrected chi connectivity index (χ2v) is 8.27. The van der Waals surface area contributed by atoms with Crippen molar-refractivity contribution in [2.24, 2.45) is 0 Å². The molecule has 156 valence electrons. The van der Waals surface area contributed by atoms with Crippen molar-refractivity contribution in [1.29, 1.82) is 0 Å². The molecule has 1 amide bonds. The third-order valence-electron chi connectivity index (χ3n) is 5.16. The van der Waals surface area contributed by atoms with Crippen LogP contribution in [-0.4, -0.2) is 46.1 Å². The highest BCUT2D eigenvalue weighted by Gasteiger charge is 2.26. The van der Waals surface area contributed by atoms with Crippen LogP contribution in [0.25, 0.3) is 0 Å². The van der Waals surface area contributed by atoms with Gasteiger partial charge in [-0.2, -0.15) is 0 Å². The molecule has 0 radical (unpaired) electrons. The van der Waals surface area contributed by atoms with Gasteiger partial charge in [0.2, 0.25) is 0 Å². The predicted molar refractivity (Wildman–Crippen MR) is 115 cm³/mol. The molecule has 0 aliphatic carbocycles. The molecule has 0 unspecified atom stereocenters. The molecular weight excluding hydrogens is 392 g/mol. The average Bonchev–Trinajstić information content (AvgIpc) is 2.67. The quantitative estimate of drug-likeness (QED) is 0.765. The van der Waals surface area contributed by atoms with E-state index in [1.54, 1.807) is 33.7 Å². The van der Waals surface area contributed by atoms with Gasteiger partial charge in [-0.1, -0.05) is 11.6 Å². The molecule has 0 atom stereocenters. The summed E-state index contributed by atoms with van der Waals surface area (Å²) in [6, 6.07) is 8.10. The minimum Gasteiger partial charge on any atom is -0.354 e. The highest BCUT2D eigenvalue weighted by Crippen LogP contribution is 2.19. The van der Waals surface area contributed by atoms with Gasteiger partial charge in [-0.25, -0.2) is 4.79 Å². The lowest BCUT2D eigenvalue weighted by molar-refractivity contribution is 0.0746. The normalized spacial score (nSPS) is 14.7. The number of carbonyl (C=O) groups excluding carboxylic acids is 1. The number of hydrogen-bond acceptors (Lipinski definition) is 4. The fourth-order valence-electron chi connectivity index (χ4n) is 3.68. The van der Waals surface area contributed by atoms with Crippen LogP contribution >= 0.6 is 11.6 Å². The molecule has 29 heavy (non-hydrogen) atoms. The van der Waals surface area contributed by atoms with Crippen LogP contribution in [0.15, 0.2) is 39.9 Å². The Bertz CT molecular complexity index is 1000. The fraction of sp³-hybridized carbons (Fsp3) is 0.476. The Hall–Kier alpha value is -2.54. The third-order valence-corrected chi connectivity index (χ3v) is 5.42. The Kier molecular flexibility index (Phi) is 6.17. The minimum absolute atomic E-state index is 0.0437. The fourth-order valence-corrected chi connectivity index (χ4v) is 3.80. The second kappa shape index (κ2) is 8.45. The number of amides is 1. The molecule has 1 fully saturated rings.